The fourth-order valence-electron chi connectivity index (χ4n) is 3.30. The van der Waals surface area contributed by atoms with E-state index >= 15 is 0 Å². The highest BCUT2D eigenvalue weighted by atomic mass is 32.1. The molecule has 8 nitrogen and oxygen atoms in total. The highest BCUT2D eigenvalue weighted by molar-refractivity contribution is 7.19. The topological polar surface area (TPSA) is 122 Å². The van der Waals surface area contributed by atoms with Crippen molar-refractivity contribution in [1.82, 2.24) is 20.5 Å². The number of amidine groups is 1. The SMILES string of the molecule is C[C@@H]1CN(C(=NCC(F)(F)F)C(=CN)NC(=O)c2nc(-c3c(F)cccc3F)sc2N)CCN1. The number of benzene rings is 1. The zero-order valence-corrected chi connectivity index (χ0v) is 18.7. The van der Waals surface area contributed by atoms with Crippen LogP contribution in [0.1, 0.15) is 17.4 Å². The van der Waals surface area contributed by atoms with Gasteiger partial charge in [-0.25, -0.2) is 13.8 Å². The van der Waals surface area contributed by atoms with E-state index in [4.69, 9.17) is 11.5 Å². The number of thiazole rings is 1. The lowest BCUT2D eigenvalue weighted by Crippen LogP contribution is -2.53. The van der Waals surface area contributed by atoms with Crippen LogP contribution in [0.25, 0.3) is 10.6 Å². The van der Waals surface area contributed by atoms with Gasteiger partial charge in [0.15, 0.2) is 5.69 Å². The maximum Gasteiger partial charge on any atom is 0.408 e. The van der Waals surface area contributed by atoms with Crippen molar-refractivity contribution in [3.8, 4) is 10.6 Å². The van der Waals surface area contributed by atoms with Gasteiger partial charge in [0.2, 0.25) is 0 Å². The van der Waals surface area contributed by atoms with Gasteiger partial charge in [-0.05, 0) is 19.1 Å². The third-order valence-corrected chi connectivity index (χ3v) is 5.68. The molecule has 2 aromatic rings. The fourth-order valence-corrected chi connectivity index (χ4v) is 4.18. The summed E-state index contributed by atoms with van der Waals surface area (Å²) in [5.74, 6) is -2.86. The van der Waals surface area contributed by atoms with Crippen molar-refractivity contribution in [1.29, 1.82) is 0 Å². The standard InChI is InChI=1S/C20H22F5N7OS/c1-10-8-32(6-5-28-10)17(29-9-20(23,24)25)13(7-26)30-18(33)15-16(27)34-19(31-15)14-11(21)3-2-4-12(14)22/h2-4,7,10,28H,5-6,8-9,26-27H2,1H3,(H,30,33)/t10-/m1/s1. The number of halogens is 5. The van der Waals surface area contributed by atoms with Gasteiger partial charge in [0.05, 0.1) is 11.3 Å². The molecule has 1 aliphatic rings. The molecule has 1 atom stereocenters. The van der Waals surface area contributed by atoms with E-state index in [1.54, 1.807) is 4.90 Å². The van der Waals surface area contributed by atoms with Gasteiger partial charge in [0.25, 0.3) is 5.91 Å². The number of hydrogen-bond donors (Lipinski definition) is 4. The van der Waals surface area contributed by atoms with Crippen molar-refractivity contribution >= 4 is 28.1 Å². The number of amides is 1. The van der Waals surface area contributed by atoms with Crippen molar-refractivity contribution in [2.45, 2.75) is 19.1 Å². The average molecular weight is 504 g/mol. The molecule has 1 aromatic carbocycles. The number of nitrogen functional groups attached to an aromatic ring is 1. The van der Waals surface area contributed by atoms with Crippen LogP contribution in [0.2, 0.25) is 0 Å². The number of aromatic nitrogens is 1. The third-order valence-electron chi connectivity index (χ3n) is 4.78. The number of hydrogen-bond acceptors (Lipinski definition) is 7. The zero-order chi connectivity index (χ0) is 25.0. The highest BCUT2D eigenvalue weighted by Crippen LogP contribution is 2.33. The molecule has 0 radical (unpaired) electrons. The molecule has 14 heteroatoms. The number of nitrogens with one attached hydrogen (secondary N) is 2. The minimum absolute atomic E-state index is 0.0491. The molecule has 1 fully saturated rings. The molecule has 34 heavy (non-hydrogen) atoms. The van der Waals surface area contributed by atoms with E-state index in [1.807, 2.05) is 6.92 Å². The Morgan fingerprint density at radius 3 is 2.65 bits per heavy atom. The summed E-state index contributed by atoms with van der Waals surface area (Å²) in [6.07, 6.45) is -3.66. The van der Waals surface area contributed by atoms with Crippen LogP contribution in [0.4, 0.5) is 27.0 Å². The Kier molecular flexibility index (Phi) is 7.71. The van der Waals surface area contributed by atoms with Crippen LogP contribution in [0, 0.1) is 11.6 Å². The molecule has 1 aromatic heterocycles. The molecule has 1 amide bonds. The number of alkyl halides is 3. The van der Waals surface area contributed by atoms with Crippen LogP contribution < -0.4 is 22.1 Å². The molecular formula is C20H22F5N7OS. The molecule has 2 heterocycles. The Morgan fingerprint density at radius 2 is 2.06 bits per heavy atom. The van der Waals surface area contributed by atoms with Crippen LogP contribution in [0.15, 0.2) is 35.1 Å². The fraction of sp³-hybridized carbons (Fsp3) is 0.350. The second-order valence-electron chi connectivity index (χ2n) is 7.42. The van der Waals surface area contributed by atoms with Gasteiger partial charge >= 0.3 is 6.18 Å². The van der Waals surface area contributed by atoms with Gasteiger partial charge < -0.3 is 27.0 Å². The number of carbonyl (C=O) groups excluding carboxylic acids is 1. The normalized spacial score (nSPS) is 17.7. The van der Waals surface area contributed by atoms with E-state index in [1.165, 1.54) is 6.07 Å². The largest absolute Gasteiger partial charge is 0.408 e. The number of nitrogens with two attached hydrogens (primary N) is 2. The van der Waals surface area contributed by atoms with Gasteiger partial charge in [-0.15, -0.1) is 0 Å². The minimum atomic E-state index is -4.58. The van der Waals surface area contributed by atoms with E-state index in [0.717, 1.165) is 18.3 Å². The summed E-state index contributed by atoms with van der Waals surface area (Å²) in [5, 5.41) is 5.22. The second-order valence-corrected chi connectivity index (χ2v) is 8.45. The maximum atomic E-state index is 14.1. The van der Waals surface area contributed by atoms with E-state index < -0.39 is 35.8 Å². The Morgan fingerprint density at radius 1 is 1.38 bits per heavy atom. The first-order valence-electron chi connectivity index (χ1n) is 10.0. The predicted octanol–water partition coefficient (Wildman–Crippen LogP) is 2.45. The summed E-state index contributed by atoms with van der Waals surface area (Å²) in [5.41, 5.74) is 10.5. The molecule has 184 valence electrons. The summed E-state index contributed by atoms with van der Waals surface area (Å²) in [4.78, 5) is 22.0. The summed E-state index contributed by atoms with van der Waals surface area (Å²) in [6, 6.07) is 3.19. The average Bonchev–Trinajstić information content (AvgIpc) is 3.13. The maximum absolute atomic E-state index is 14.1. The molecule has 0 bridgehead atoms. The Labute approximate surface area is 195 Å². The summed E-state index contributed by atoms with van der Waals surface area (Å²) < 4.78 is 66.8. The van der Waals surface area contributed by atoms with Crippen molar-refractivity contribution in [2.24, 2.45) is 10.7 Å². The van der Waals surface area contributed by atoms with Crippen LogP contribution in [0.5, 0.6) is 0 Å². The number of nitrogens with zero attached hydrogens (tertiary/aromatic N) is 3. The first kappa shape index (κ1) is 25.4. The van der Waals surface area contributed by atoms with Gasteiger partial charge in [-0.3, -0.25) is 9.79 Å². The van der Waals surface area contributed by atoms with Crippen molar-refractivity contribution in [2.75, 3.05) is 31.9 Å². The van der Waals surface area contributed by atoms with Gasteiger partial charge in [-0.1, -0.05) is 17.4 Å². The molecule has 0 aliphatic carbocycles. The molecule has 0 spiro atoms. The van der Waals surface area contributed by atoms with Crippen LogP contribution in [-0.4, -0.2) is 60.0 Å². The molecule has 0 saturated carbocycles. The molecule has 1 saturated heterocycles. The highest BCUT2D eigenvalue weighted by Gasteiger charge is 2.30. The van der Waals surface area contributed by atoms with E-state index in [9.17, 15) is 26.7 Å². The summed E-state index contributed by atoms with van der Waals surface area (Å²) in [7, 11) is 0. The van der Waals surface area contributed by atoms with Crippen LogP contribution in [0.3, 0.4) is 0 Å². The number of carbonyl (C=O) groups is 1. The first-order valence-corrected chi connectivity index (χ1v) is 10.9. The lowest BCUT2D eigenvalue weighted by Gasteiger charge is -2.35. The first-order chi connectivity index (χ1) is 16.0. The number of anilines is 1. The summed E-state index contributed by atoms with van der Waals surface area (Å²) in [6.45, 7) is 1.48. The Hall–Kier alpha value is -3.26. The minimum Gasteiger partial charge on any atom is -0.403 e. The molecule has 3 rings (SSSR count). The Bertz CT molecular complexity index is 1090. The van der Waals surface area contributed by atoms with Gasteiger partial charge in [0, 0.05) is 31.9 Å². The van der Waals surface area contributed by atoms with Crippen LogP contribution in [-0.2, 0) is 0 Å². The smallest absolute Gasteiger partial charge is 0.403 e. The van der Waals surface area contributed by atoms with Gasteiger partial charge in [-0.2, -0.15) is 13.2 Å². The van der Waals surface area contributed by atoms with Crippen molar-refractivity contribution in [3.63, 3.8) is 0 Å². The van der Waals surface area contributed by atoms with Gasteiger partial charge in [0.1, 0.15) is 34.0 Å². The summed E-state index contributed by atoms with van der Waals surface area (Å²) >= 11 is 0.687. The number of rotatable bonds is 5. The second kappa shape index (κ2) is 10.3. The molecule has 0 unspecified atom stereocenters. The molecule has 1 aliphatic heterocycles. The van der Waals surface area contributed by atoms with E-state index in [-0.39, 0.29) is 33.3 Å². The quantitative estimate of drug-likeness (QED) is 0.283. The van der Waals surface area contributed by atoms with Crippen molar-refractivity contribution in [3.05, 3.63) is 47.4 Å². The lowest BCUT2D eigenvalue weighted by atomic mass is 10.2. The van der Waals surface area contributed by atoms with E-state index in [0.29, 0.717) is 31.0 Å². The monoisotopic (exact) mass is 503 g/mol. The Balaban J connectivity index is 1.89. The predicted molar refractivity (Wildman–Crippen MR) is 119 cm³/mol. The molecular weight excluding hydrogens is 481 g/mol. The third kappa shape index (κ3) is 5.99. The van der Waals surface area contributed by atoms with Crippen LogP contribution >= 0.6 is 11.3 Å². The van der Waals surface area contributed by atoms with Crippen molar-refractivity contribution < 1.29 is 26.7 Å². The molecule has 6 N–H and O–H groups in total. The number of aliphatic imine (C=N–C) groups is 1. The lowest BCUT2D eigenvalue weighted by molar-refractivity contribution is -0.118. The van der Waals surface area contributed by atoms with E-state index in [2.05, 4.69) is 20.6 Å². The number of piperazine rings is 1. The zero-order valence-electron chi connectivity index (χ0n) is 17.9.